The summed E-state index contributed by atoms with van der Waals surface area (Å²) in [7, 11) is 2.17. The molecule has 0 saturated heterocycles. The largest absolute Gasteiger partial charge is 0.493 e. The Kier molecular flexibility index (Phi) is 6.85. The fraction of sp³-hybridized carbons (Fsp3) is 0.667. The summed E-state index contributed by atoms with van der Waals surface area (Å²) in [5.41, 5.74) is 1.25. The van der Waals surface area contributed by atoms with E-state index in [1.807, 2.05) is 12.1 Å². The maximum atomic E-state index is 6.43. The van der Waals surface area contributed by atoms with E-state index < -0.39 is 0 Å². The van der Waals surface area contributed by atoms with E-state index in [0.717, 1.165) is 36.9 Å². The van der Waals surface area contributed by atoms with Crippen LogP contribution in [0.5, 0.6) is 5.75 Å². The molecule has 0 heterocycles. The van der Waals surface area contributed by atoms with Crippen LogP contribution in [0, 0.1) is 0 Å². The van der Waals surface area contributed by atoms with Gasteiger partial charge in [-0.2, -0.15) is 0 Å². The minimum Gasteiger partial charge on any atom is -0.493 e. The summed E-state index contributed by atoms with van der Waals surface area (Å²) >= 11 is 6.43. The normalized spacial score (nSPS) is 15.8. The molecular weight excluding hydrogens is 282 g/mol. The SMILES string of the molecule is CCCN(C)CCCOc1cccc(Cl)c1C1CCCC1. The molecule has 2 nitrogen and oxygen atoms in total. The fourth-order valence-corrected chi connectivity index (χ4v) is 3.58. The van der Waals surface area contributed by atoms with Gasteiger partial charge in [0, 0.05) is 17.1 Å². The van der Waals surface area contributed by atoms with Crippen LogP contribution >= 0.6 is 11.6 Å². The molecule has 1 saturated carbocycles. The third-order valence-corrected chi connectivity index (χ3v) is 4.65. The average Bonchev–Trinajstić information content (AvgIpc) is 2.98. The van der Waals surface area contributed by atoms with Crippen molar-refractivity contribution in [2.45, 2.75) is 51.4 Å². The molecule has 0 unspecified atom stereocenters. The van der Waals surface area contributed by atoms with Gasteiger partial charge in [-0.1, -0.05) is 37.4 Å². The molecule has 2 rings (SSSR count). The molecule has 0 bridgehead atoms. The van der Waals surface area contributed by atoms with E-state index in [-0.39, 0.29) is 0 Å². The first-order valence-electron chi connectivity index (χ1n) is 8.32. The highest BCUT2D eigenvalue weighted by molar-refractivity contribution is 6.31. The van der Waals surface area contributed by atoms with Gasteiger partial charge in [0.15, 0.2) is 0 Å². The predicted octanol–water partition coefficient (Wildman–Crippen LogP) is 5.11. The van der Waals surface area contributed by atoms with Gasteiger partial charge in [-0.3, -0.25) is 0 Å². The second-order valence-corrected chi connectivity index (χ2v) is 6.55. The summed E-state index contributed by atoms with van der Waals surface area (Å²) in [5, 5.41) is 0.877. The van der Waals surface area contributed by atoms with Crippen molar-refractivity contribution in [3.63, 3.8) is 0 Å². The second kappa shape index (κ2) is 8.65. The highest BCUT2D eigenvalue weighted by Crippen LogP contribution is 2.42. The molecule has 0 N–H and O–H groups in total. The van der Waals surface area contributed by atoms with Crippen LogP contribution in [0.3, 0.4) is 0 Å². The van der Waals surface area contributed by atoms with Gasteiger partial charge < -0.3 is 9.64 Å². The van der Waals surface area contributed by atoms with Crippen molar-refractivity contribution in [3.8, 4) is 5.75 Å². The average molecular weight is 310 g/mol. The first-order valence-corrected chi connectivity index (χ1v) is 8.70. The molecule has 0 radical (unpaired) electrons. The van der Waals surface area contributed by atoms with Gasteiger partial charge in [-0.15, -0.1) is 0 Å². The van der Waals surface area contributed by atoms with Gasteiger partial charge in [0.1, 0.15) is 5.75 Å². The van der Waals surface area contributed by atoms with Crippen LogP contribution in [0.15, 0.2) is 18.2 Å². The summed E-state index contributed by atoms with van der Waals surface area (Å²) in [6.45, 7) is 5.23. The molecule has 3 heteroatoms. The lowest BCUT2D eigenvalue weighted by Crippen LogP contribution is -2.22. The van der Waals surface area contributed by atoms with E-state index in [4.69, 9.17) is 16.3 Å². The highest BCUT2D eigenvalue weighted by atomic mass is 35.5. The zero-order chi connectivity index (χ0) is 15.1. The van der Waals surface area contributed by atoms with Crippen LogP contribution in [0.1, 0.15) is 56.9 Å². The monoisotopic (exact) mass is 309 g/mol. The molecule has 0 aliphatic heterocycles. The highest BCUT2D eigenvalue weighted by Gasteiger charge is 2.23. The van der Waals surface area contributed by atoms with Crippen molar-refractivity contribution in [1.29, 1.82) is 0 Å². The third kappa shape index (κ3) is 4.89. The number of nitrogens with zero attached hydrogens (tertiary/aromatic N) is 1. The zero-order valence-electron chi connectivity index (χ0n) is 13.4. The Morgan fingerprint density at radius 1 is 1.24 bits per heavy atom. The Labute approximate surface area is 134 Å². The van der Waals surface area contributed by atoms with Crippen LogP contribution in [-0.4, -0.2) is 31.6 Å². The molecule has 1 aromatic carbocycles. The topological polar surface area (TPSA) is 12.5 Å². The summed E-state index contributed by atoms with van der Waals surface area (Å²) in [5.74, 6) is 1.60. The minimum atomic E-state index is 0.594. The maximum Gasteiger partial charge on any atom is 0.124 e. The van der Waals surface area contributed by atoms with Gasteiger partial charge >= 0.3 is 0 Å². The summed E-state index contributed by atoms with van der Waals surface area (Å²) in [6, 6.07) is 6.08. The van der Waals surface area contributed by atoms with E-state index in [9.17, 15) is 0 Å². The molecular formula is C18H28ClNO. The molecule has 0 aromatic heterocycles. The third-order valence-electron chi connectivity index (χ3n) is 4.32. The Balaban J connectivity index is 1.89. The van der Waals surface area contributed by atoms with Crippen molar-refractivity contribution in [1.82, 2.24) is 4.90 Å². The van der Waals surface area contributed by atoms with E-state index >= 15 is 0 Å². The molecule has 1 aliphatic carbocycles. The molecule has 1 fully saturated rings. The van der Waals surface area contributed by atoms with Gasteiger partial charge in [0.05, 0.1) is 6.61 Å². The predicted molar refractivity (Wildman–Crippen MR) is 90.6 cm³/mol. The standard InChI is InChI=1S/C18H28ClNO/c1-3-12-20(2)13-7-14-21-17-11-6-10-16(19)18(17)15-8-4-5-9-15/h6,10-11,15H,3-5,7-9,12-14H2,1-2H3. The summed E-state index contributed by atoms with van der Waals surface area (Å²) < 4.78 is 6.05. The summed E-state index contributed by atoms with van der Waals surface area (Å²) in [4.78, 5) is 2.36. The number of ether oxygens (including phenoxy) is 1. The quantitative estimate of drug-likeness (QED) is 0.619. The molecule has 118 valence electrons. The number of hydrogen-bond donors (Lipinski definition) is 0. The first kappa shape index (κ1) is 16.6. The Morgan fingerprint density at radius 3 is 2.71 bits per heavy atom. The number of benzene rings is 1. The van der Waals surface area contributed by atoms with Crippen LogP contribution in [-0.2, 0) is 0 Å². The zero-order valence-corrected chi connectivity index (χ0v) is 14.2. The minimum absolute atomic E-state index is 0.594. The molecule has 1 aliphatic rings. The lowest BCUT2D eigenvalue weighted by atomic mass is 9.96. The van der Waals surface area contributed by atoms with Gasteiger partial charge in [0.2, 0.25) is 0 Å². The number of hydrogen-bond acceptors (Lipinski definition) is 2. The lowest BCUT2D eigenvalue weighted by molar-refractivity contribution is 0.260. The van der Waals surface area contributed by atoms with E-state index in [1.165, 1.54) is 37.7 Å². The van der Waals surface area contributed by atoms with E-state index in [0.29, 0.717) is 5.92 Å². The number of rotatable bonds is 8. The second-order valence-electron chi connectivity index (χ2n) is 6.14. The van der Waals surface area contributed by atoms with Crippen molar-refractivity contribution in [2.24, 2.45) is 0 Å². The van der Waals surface area contributed by atoms with Crippen LogP contribution in [0.2, 0.25) is 5.02 Å². The first-order chi connectivity index (χ1) is 10.2. The molecule has 0 spiro atoms. The van der Waals surface area contributed by atoms with Crippen molar-refractivity contribution in [3.05, 3.63) is 28.8 Å². The van der Waals surface area contributed by atoms with Crippen LogP contribution in [0.25, 0.3) is 0 Å². The van der Waals surface area contributed by atoms with Gasteiger partial charge in [-0.25, -0.2) is 0 Å². The Morgan fingerprint density at radius 2 is 2.00 bits per heavy atom. The Hall–Kier alpha value is -0.730. The van der Waals surface area contributed by atoms with Crippen LogP contribution in [0.4, 0.5) is 0 Å². The summed E-state index contributed by atoms with van der Waals surface area (Å²) in [6.07, 6.45) is 7.40. The number of halogens is 1. The van der Waals surface area contributed by atoms with Crippen molar-refractivity contribution in [2.75, 3.05) is 26.7 Å². The van der Waals surface area contributed by atoms with E-state index in [1.54, 1.807) is 0 Å². The van der Waals surface area contributed by atoms with Gasteiger partial charge in [-0.05, 0) is 57.3 Å². The lowest BCUT2D eigenvalue weighted by Gasteiger charge is -2.19. The van der Waals surface area contributed by atoms with E-state index in [2.05, 4.69) is 24.9 Å². The van der Waals surface area contributed by atoms with Crippen LogP contribution < -0.4 is 4.74 Å². The molecule has 21 heavy (non-hydrogen) atoms. The van der Waals surface area contributed by atoms with Crippen molar-refractivity contribution >= 4 is 11.6 Å². The van der Waals surface area contributed by atoms with Gasteiger partial charge in [0.25, 0.3) is 0 Å². The molecule has 0 atom stereocenters. The molecule has 0 amide bonds. The molecule has 1 aromatic rings. The fourth-order valence-electron chi connectivity index (χ4n) is 3.26. The van der Waals surface area contributed by atoms with Crippen molar-refractivity contribution < 1.29 is 4.74 Å². The smallest absolute Gasteiger partial charge is 0.124 e. The Bertz CT molecular complexity index is 429. The maximum absolute atomic E-state index is 6.43.